The van der Waals surface area contributed by atoms with Crippen molar-refractivity contribution >= 4 is 35.1 Å². The Balaban J connectivity index is 2.48. The molecule has 98 valence electrons. The number of rotatable bonds is 5. The molecule has 0 aliphatic heterocycles. The van der Waals surface area contributed by atoms with Crippen LogP contribution in [0.1, 0.15) is 23.7 Å². The molecule has 0 aliphatic rings. The van der Waals surface area contributed by atoms with Crippen molar-refractivity contribution in [3.8, 4) is 0 Å². The number of amides is 1. The van der Waals surface area contributed by atoms with Gasteiger partial charge in [-0.1, -0.05) is 23.2 Å². The van der Waals surface area contributed by atoms with Crippen molar-refractivity contribution in [3.05, 3.63) is 33.8 Å². The van der Waals surface area contributed by atoms with Gasteiger partial charge in [-0.15, -0.1) is 0 Å². The Morgan fingerprint density at radius 3 is 2.39 bits per heavy atom. The number of halogens is 2. The fourth-order valence-corrected chi connectivity index (χ4v) is 1.82. The molecule has 0 aliphatic carbocycles. The van der Waals surface area contributed by atoms with E-state index < -0.39 is 0 Å². The van der Waals surface area contributed by atoms with E-state index in [1.54, 1.807) is 13.0 Å². The molecular weight excluding hydrogens is 277 g/mol. The van der Waals surface area contributed by atoms with Gasteiger partial charge in [-0.05, 0) is 25.1 Å². The van der Waals surface area contributed by atoms with Gasteiger partial charge in [0.1, 0.15) is 0 Å². The Hall–Kier alpha value is -1.26. The maximum Gasteiger partial charge on any atom is 0.307 e. The molecule has 6 heteroatoms. The van der Waals surface area contributed by atoms with Crippen molar-refractivity contribution in [2.75, 3.05) is 13.2 Å². The van der Waals surface area contributed by atoms with Gasteiger partial charge in [0.25, 0.3) is 5.91 Å². The van der Waals surface area contributed by atoms with Crippen LogP contribution >= 0.6 is 23.2 Å². The summed E-state index contributed by atoms with van der Waals surface area (Å²) in [4.78, 5) is 22.8. The summed E-state index contributed by atoms with van der Waals surface area (Å²) in [5.74, 6) is -0.675. The highest BCUT2D eigenvalue weighted by atomic mass is 35.5. The summed E-state index contributed by atoms with van der Waals surface area (Å²) in [5, 5.41) is 3.36. The second-order valence-electron chi connectivity index (χ2n) is 3.47. The van der Waals surface area contributed by atoms with Gasteiger partial charge in [0.05, 0.1) is 13.0 Å². The van der Waals surface area contributed by atoms with Crippen molar-refractivity contribution < 1.29 is 14.3 Å². The summed E-state index contributed by atoms with van der Waals surface area (Å²) in [7, 11) is 0. The first kappa shape index (κ1) is 14.8. The molecule has 0 radical (unpaired) electrons. The first-order chi connectivity index (χ1) is 8.52. The van der Waals surface area contributed by atoms with Gasteiger partial charge in [0, 0.05) is 22.2 Å². The Morgan fingerprint density at radius 2 is 1.83 bits per heavy atom. The molecule has 0 saturated heterocycles. The first-order valence-electron chi connectivity index (χ1n) is 5.43. The smallest absolute Gasteiger partial charge is 0.307 e. The SMILES string of the molecule is CCOC(=O)CCNC(=O)c1cc(Cl)cc(Cl)c1. The van der Waals surface area contributed by atoms with Crippen LogP contribution in [0.25, 0.3) is 0 Å². The molecule has 0 spiro atoms. The number of esters is 1. The van der Waals surface area contributed by atoms with Gasteiger partial charge in [0.15, 0.2) is 0 Å². The predicted molar refractivity (Wildman–Crippen MR) is 70.0 cm³/mol. The lowest BCUT2D eigenvalue weighted by atomic mass is 10.2. The lowest BCUT2D eigenvalue weighted by Crippen LogP contribution is -2.26. The largest absolute Gasteiger partial charge is 0.466 e. The summed E-state index contributed by atoms with van der Waals surface area (Å²) >= 11 is 11.6. The quantitative estimate of drug-likeness (QED) is 0.848. The van der Waals surface area contributed by atoms with Crippen molar-refractivity contribution in [2.24, 2.45) is 0 Å². The number of benzene rings is 1. The van der Waals surface area contributed by atoms with E-state index in [2.05, 4.69) is 5.32 Å². The first-order valence-corrected chi connectivity index (χ1v) is 6.18. The Morgan fingerprint density at radius 1 is 1.22 bits per heavy atom. The van der Waals surface area contributed by atoms with Crippen molar-refractivity contribution in [2.45, 2.75) is 13.3 Å². The fraction of sp³-hybridized carbons (Fsp3) is 0.333. The Kier molecular flexibility index (Phi) is 5.95. The van der Waals surface area contributed by atoms with E-state index in [9.17, 15) is 9.59 Å². The molecule has 0 aromatic heterocycles. The lowest BCUT2D eigenvalue weighted by molar-refractivity contribution is -0.142. The molecule has 0 bridgehead atoms. The van der Waals surface area contributed by atoms with Gasteiger partial charge in [-0.25, -0.2) is 0 Å². The number of hydrogen-bond donors (Lipinski definition) is 1. The van der Waals surface area contributed by atoms with Crippen LogP contribution in [0.5, 0.6) is 0 Å². The van der Waals surface area contributed by atoms with Gasteiger partial charge in [-0.2, -0.15) is 0 Å². The number of carbonyl (C=O) groups is 2. The Bertz CT molecular complexity index is 429. The van der Waals surface area contributed by atoms with Gasteiger partial charge < -0.3 is 10.1 Å². The van der Waals surface area contributed by atoms with Gasteiger partial charge >= 0.3 is 5.97 Å². The van der Waals surface area contributed by atoms with E-state index in [-0.39, 0.29) is 24.8 Å². The third-order valence-electron chi connectivity index (χ3n) is 2.04. The van der Waals surface area contributed by atoms with E-state index in [0.29, 0.717) is 22.2 Å². The van der Waals surface area contributed by atoms with Crippen LogP contribution in [0.3, 0.4) is 0 Å². The predicted octanol–water partition coefficient (Wildman–Crippen LogP) is 2.68. The zero-order chi connectivity index (χ0) is 13.5. The highest BCUT2D eigenvalue weighted by molar-refractivity contribution is 6.35. The molecule has 1 aromatic rings. The van der Waals surface area contributed by atoms with E-state index >= 15 is 0 Å². The molecule has 0 fully saturated rings. The van der Waals surface area contributed by atoms with Crippen LogP contribution in [0.2, 0.25) is 10.0 Å². The summed E-state index contributed by atoms with van der Waals surface area (Å²) in [5.41, 5.74) is 0.358. The molecule has 1 rings (SSSR count). The number of ether oxygens (including phenoxy) is 1. The van der Waals surface area contributed by atoms with E-state index in [1.807, 2.05) is 0 Å². The second-order valence-corrected chi connectivity index (χ2v) is 4.34. The maximum atomic E-state index is 11.7. The number of nitrogens with one attached hydrogen (secondary N) is 1. The minimum atomic E-state index is -0.345. The highest BCUT2D eigenvalue weighted by Gasteiger charge is 2.08. The molecule has 1 amide bonds. The Labute approximate surface area is 115 Å². The van der Waals surface area contributed by atoms with Crippen LogP contribution < -0.4 is 5.32 Å². The highest BCUT2D eigenvalue weighted by Crippen LogP contribution is 2.18. The van der Waals surface area contributed by atoms with Crippen LogP contribution in [-0.2, 0) is 9.53 Å². The van der Waals surface area contributed by atoms with E-state index in [4.69, 9.17) is 27.9 Å². The van der Waals surface area contributed by atoms with Crippen molar-refractivity contribution in [1.82, 2.24) is 5.32 Å². The zero-order valence-corrected chi connectivity index (χ0v) is 11.3. The van der Waals surface area contributed by atoms with E-state index in [0.717, 1.165) is 0 Å². The van der Waals surface area contributed by atoms with Crippen LogP contribution in [0.4, 0.5) is 0 Å². The average Bonchev–Trinajstić information content (AvgIpc) is 2.27. The van der Waals surface area contributed by atoms with Crippen LogP contribution in [0.15, 0.2) is 18.2 Å². The lowest BCUT2D eigenvalue weighted by Gasteiger charge is -2.06. The van der Waals surface area contributed by atoms with Crippen LogP contribution in [0, 0.1) is 0 Å². The third-order valence-corrected chi connectivity index (χ3v) is 2.48. The topological polar surface area (TPSA) is 55.4 Å². The molecule has 0 atom stereocenters. The molecule has 1 aromatic carbocycles. The normalized spacial score (nSPS) is 9.94. The molecule has 4 nitrogen and oxygen atoms in total. The third kappa shape index (κ3) is 4.94. The summed E-state index contributed by atoms with van der Waals surface area (Å²) < 4.78 is 4.74. The van der Waals surface area contributed by atoms with E-state index in [1.165, 1.54) is 12.1 Å². The molecule has 0 heterocycles. The summed E-state index contributed by atoms with van der Waals surface area (Å²) in [6.07, 6.45) is 0.133. The second kappa shape index (κ2) is 7.24. The number of hydrogen-bond acceptors (Lipinski definition) is 3. The number of carbonyl (C=O) groups excluding carboxylic acids is 2. The van der Waals surface area contributed by atoms with Gasteiger partial charge in [0.2, 0.25) is 0 Å². The molecule has 0 saturated carbocycles. The van der Waals surface area contributed by atoms with Gasteiger partial charge in [-0.3, -0.25) is 9.59 Å². The molecule has 18 heavy (non-hydrogen) atoms. The minimum absolute atomic E-state index is 0.133. The van der Waals surface area contributed by atoms with Crippen molar-refractivity contribution in [1.29, 1.82) is 0 Å². The standard InChI is InChI=1S/C12H13Cl2NO3/c1-2-18-11(16)3-4-15-12(17)8-5-9(13)7-10(14)6-8/h5-7H,2-4H2,1H3,(H,15,17). The molecule has 1 N–H and O–H groups in total. The zero-order valence-electron chi connectivity index (χ0n) is 9.83. The fourth-order valence-electron chi connectivity index (χ4n) is 1.30. The summed E-state index contributed by atoms with van der Waals surface area (Å²) in [6, 6.07) is 4.55. The summed E-state index contributed by atoms with van der Waals surface area (Å²) in [6.45, 7) is 2.27. The molecule has 0 unspecified atom stereocenters. The van der Waals surface area contributed by atoms with Crippen molar-refractivity contribution in [3.63, 3.8) is 0 Å². The molecular formula is C12H13Cl2NO3. The average molecular weight is 290 g/mol. The van der Waals surface area contributed by atoms with Crippen LogP contribution in [-0.4, -0.2) is 25.0 Å². The monoisotopic (exact) mass is 289 g/mol. The maximum absolute atomic E-state index is 11.7. The minimum Gasteiger partial charge on any atom is -0.466 e.